The van der Waals surface area contributed by atoms with E-state index in [1.165, 1.54) is 11.1 Å². The molecule has 6 nitrogen and oxygen atoms in total. The summed E-state index contributed by atoms with van der Waals surface area (Å²) in [5, 5.41) is 2.92. The minimum atomic E-state index is -0.314. The average Bonchev–Trinajstić information content (AvgIpc) is 3.17. The largest absolute Gasteiger partial charge is 0.439 e. The van der Waals surface area contributed by atoms with Gasteiger partial charge in [-0.15, -0.1) is 0 Å². The monoisotopic (exact) mass is 350 g/mol. The number of rotatable bonds is 6. The lowest BCUT2D eigenvalue weighted by atomic mass is 10.1. The Bertz CT molecular complexity index is 891. The Morgan fingerprint density at radius 2 is 2.04 bits per heavy atom. The molecule has 0 aliphatic heterocycles. The fourth-order valence-corrected chi connectivity index (χ4v) is 2.49. The maximum Gasteiger partial charge on any atom is 0.243 e. The fraction of sp³-hybridized carbons (Fsp3) is 0.250. The Morgan fingerprint density at radius 1 is 1.19 bits per heavy atom. The van der Waals surface area contributed by atoms with Crippen LogP contribution in [-0.2, 0) is 11.3 Å². The number of nitrogens with one attached hydrogen (secondary N) is 1. The van der Waals surface area contributed by atoms with Gasteiger partial charge in [0.2, 0.25) is 11.8 Å². The quantitative estimate of drug-likeness (QED) is 0.738. The molecule has 26 heavy (non-hydrogen) atoms. The minimum Gasteiger partial charge on any atom is -0.439 e. The molecule has 1 N–H and O–H groups in total. The highest BCUT2D eigenvalue weighted by atomic mass is 16.5. The van der Waals surface area contributed by atoms with Gasteiger partial charge < -0.3 is 14.6 Å². The molecule has 0 bridgehead atoms. The van der Waals surface area contributed by atoms with Crippen molar-refractivity contribution in [2.24, 2.45) is 0 Å². The van der Waals surface area contributed by atoms with E-state index in [0.717, 1.165) is 11.3 Å². The predicted molar refractivity (Wildman–Crippen MR) is 99.0 cm³/mol. The van der Waals surface area contributed by atoms with Gasteiger partial charge in [0.1, 0.15) is 11.8 Å². The first-order valence-electron chi connectivity index (χ1n) is 8.48. The lowest BCUT2D eigenvalue weighted by Gasteiger charge is -2.13. The molecule has 1 aromatic carbocycles. The summed E-state index contributed by atoms with van der Waals surface area (Å²) in [5.41, 5.74) is 3.30. The van der Waals surface area contributed by atoms with E-state index in [1.807, 2.05) is 44.2 Å². The maximum atomic E-state index is 12.3. The van der Waals surface area contributed by atoms with Crippen LogP contribution in [-0.4, -0.2) is 20.4 Å². The molecule has 0 aliphatic carbocycles. The highest BCUT2D eigenvalue weighted by molar-refractivity contribution is 5.79. The molecule has 3 rings (SSSR count). The summed E-state index contributed by atoms with van der Waals surface area (Å²) in [4.78, 5) is 20.5. The SMILES string of the molecule is Cc1ccc(Oc2cc(CNC(=O)[C@@H](C)n3ccnc3)ccn2)cc1C. The van der Waals surface area contributed by atoms with Gasteiger partial charge in [-0.05, 0) is 55.7 Å². The molecule has 0 fully saturated rings. The second-order valence-electron chi connectivity index (χ2n) is 6.25. The number of pyridine rings is 1. The molecule has 0 aliphatic rings. The predicted octanol–water partition coefficient (Wildman–Crippen LogP) is 3.56. The van der Waals surface area contributed by atoms with Crippen LogP contribution in [0.4, 0.5) is 0 Å². The highest BCUT2D eigenvalue weighted by Gasteiger charge is 2.13. The van der Waals surface area contributed by atoms with Gasteiger partial charge in [0.15, 0.2) is 0 Å². The van der Waals surface area contributed by atoms with E-state index < -0.39 is 0 Å². The summed E-state index contributed by atoms with van der Waals surface area (Å²) in [7, 11) is 0. The van der Waals surface area contributed by atoms with E-state index >= 15 is 0 Å². The van der Waals surface area contributed by atoms with Crippen LogP contribution in [0.3, 0.4) is 0 Å². The lowest BCUT2D eigenvalue weighted by molar-refractivity contribution is -0.124. The first kappa shape index (κ1) is 17.7. The first-order chi connectivity index (χ1) is 12.5. The number of carbonyl (C=O) groups excluding carboxylic acids is 1. The van der Waals surface area contributed by atoms with E-state index in [1.54, 1.807) is 29.5 Å². The zero-order valence-corrected chi connectivity index (χ0v) is 15.1. The lowest BCUT2D eigenvalue weighted by Crippen LogP contribution is -2.30. The van der Waals surface area contributed by atoms with Crippen LogP contribution >= 0.6 is 0 Å². The minimum absolute atomic E-state index is 0.0727. The molecule has 0 saturated carbocycles. The number of aryl methyl sites for hydroxylation is 2. The Hall–Kier alpha value is -3.15. The van der Waals surface area contributed by atoms with Crippen molar-refractivity contribution in [2.45, 2.75) is 33.4 Å². The van der Waals surface area contributed by atoms with Gasteiger partial charge in [-0.25, -0.2) is 9.97 Å². The molecule has 1 amide bonds. The third-order valence-corrected chi connectivity index (χ3v) is 4.32. The van der Waals surface area contributed by atoms with E-state index in [9.17, 15) is 4.79 Å². The van der Waals surface area contributed by atoms with Crippen LogP contribution in [0.5, 0.6) is 11.6 Å². The Kier molecular flexibility index (Phi) is 5.31. The summed E-state index contributed by atoms with van der Waals surface area (Å²) >= 11 is 0. The summed E-state index contributed by atoms with van der Waals surface area (Å²) < 4.78 is 7.59. The molecule has 6 heteroatoms. The van der Waals surface area contributed by atoms with Gasteiger partial charge in [0.25, 0.3) is 0 Å². The van der Waals surface area contributed by atoms with Crippen molar-refractivity contribution < 1.29 is 9.53 Å². The van der Waals surface area contributed by atoms with Gasteiger partial charge in [-0.1, -0.05) is 6.07 Å². The molecule has 2 aromatic heterocycles. The Balaban J connectivity index is 1.62. The average molecular weight is 350 g/mol. The second kappa shape index (κ2) is 7.82. The van der Waals surface area contributed by atoms with Gasteiger partial charge in [0, 0.05) is 31.2 Å². The number of benzene rings is 1. The number of imidazole rings is 1. The summed E-state index contributed by atoms with van der Waals surface area (Å²) in [6, 6.07) is 9.30. The molecule has 3 aromatic rings. The molecule has 0 spiro atoms. The smallest absolute Gasteiger partial charge is 0.243 e. The summed E-state index contributed by atoms with van der Waals surface area (Å²) in [5.74, 6) is 1.18. The Labute approximate surface area is 152 Å². The normalized spacial score (nSPS) is 11.8. The first-order valence-corrected chi connectivity index (χ1v) is 8.48. The van der Waals surface area contributed by atoms with Crippen LogP contribution in [0.25, 0.3) is 0 Å². The zero-order valence-electron chi connectivity index (χ0n) is 15.1. The molecule has 1 atom stereocenters. The van der Waals surface area contributed by atoms with Crippen molar-refractivity contribution in [1.29, 1.82) is 0 Å². The number of carbonyl (C=O) groups is 1. The summed E-state index contributed by atoms with van der Waals surface area (Å²) in [6.07, 6.45) is 6.73. The van der Waals surface area contributed by atoms with Gasteiger partial charge in [-0.2, -0.15) is 0 Å². The number of nitrogens with zero attached hydrogens (tertiary/aromatic N) is 3. The maximum absolute atomic E-state index is 12.3. The third kappa shape index (κ3) is 4.27. The number of amides is 1. The number of hydrogen-bond acceptors (Lipinski definition) is 4. The van der Waals surface area contributed by atoms with Gasteiger partial charge >= 0.3 is 0 Å². The van der Waals surface area contributed by atoms with Crippen molar-refractivity contribution >= 4 is 5.91 Å². The molecule has 0 unspecified atom stereocenters. The van der Waals surface area contributed by atoms with Crippen LogP contribution in [0.1, 0.15) is 29.7 Å². The molecule has 134 valence electrons. The zero-order chi connectivity index (χ0) is 18.5. The Morgan fingerprint density at radius 3 is 2.77 bits per heavy atom. The molecular weight excluding hydrogens is 328 g/mol. The fourth-order valence-electron chi connectivity index (χ4n) is 2.49. The van der Waals surface area contributed by atoms with Crippen LogP contribution in [0, 0.1) is 13.8 Å². The van der Waals surface area contributed by atoms with E-state index in [-0.39, 0.29) is 11.9 Å². The molecular formula is C20H22N4O2. The van der Waals surface area contributed by atoms with E-state index in [0.29, 0.717) is 12.4 Å². The van der Waals surface area contributed by atoms with Crippen LogP contribution in [0.2, 0.25) is 0 Å². The topological polar surface area (TPSA) is 69.0 Å². The standard InChI is InChI=1S/C20H22N4O2/c1-14-4-5-18(10-15(14)2)26-19-11-17(6-7-22-19)12-23-20(25)16(3)24-9-8-21-13-24/h4-11,13,16H,12H2,1-3H3,(H,23,25)/t16-/m1/s1. The number of hydrogen-bond donors (Lipinski definition) is 1. The van der Waals surface area contributed by atoms with Gasteiger partial charge in [-0.3, -0.25) is 4.79 Å². The third-order valence-electron chi connectivity index (χ3n) is 4.32. The van der Waals surface area contributed by atoms with Crippen molar-refractivity contribution in [2.75, 3.05) is 0 Å². The van der Waals surface area contributed by atoms with E-state index in [2.05, 4.69) is 22.2 Å². The van der Waals surface area contributed by atoms with Crippen molar-refractivity contribution in [1.82, 2.24) is 19.9 Å². The van der Waals surface area contributed by atoms with Crippen molar-refractivity contribution in [3.63, 3.8) is 0 Å². The van der Waals surface area contributed by atoms with Crippen molar-refractivity contribution in [3.05, 3.63) is 71.9 Å². The van der Waals surface area contributed by atoms with Crippen molar-refractivity contribution in [3.8, 4) is 11.6 Å². The van der Waals surface area contributed by atoms with E-state index in [4.69, 9.17) is 4.74 Å². The highest BCUT2D eigenvalue weighted by Crippen LogP contribution is 2.22. The number of aromatic nitrogens is 3. The van der Waals surface area contributed by atoms with Gasteiger partial charge in [0.05, 0.1) is 6.33 Å². The molecule has 2 heterocycles. The molecule has 0 saturated heterocycles. The summed E-state index contributed by atoms with van der Waals surface area (Å²) in [6.45, 7) is 6.34. The van der Waals surface area contributed by atoms with Crippen LogP contribution in [0.15, 0.2) is 55.2 Å². The molecule has 0 radical (unpaired) electrons. The second-order valence-corrected chi connectivity index (χ2v) is 6.25. The number of ether oxygens (including phenoxy) is 1. The van der Waals surface area contributed by atoms with Crippen LogP contribution < -0.4 is 10.1 Å².